The van der Waals surface area contributed by atoms with E-state index < -0.39 is 4.92 Å². The van der Waals surface area contributed by atoms with E-state index in [4.69, 9.17) is 0 Å². The maximum atomic E-state index is 12.5. The van der Waals surface area contributed by atoms with Crippen LogP contribution in [0.25, 0.3) is 0 Å². The highest BCUT2D eigenvalue weighted by Gasteiger charge is 2.21. The highest BCUT2D eigenvalue weighted by molar-refractivity contribution is 7.99. The van der Waals surface area contributed by atoms with E-state index in [-0.39, 0.29) is 30.0 Å². The van der Waals surface area contributed by atoms with Crippen LogP contribution in [0, 0.1) is 10.1 Å². The third-order valence-corrected chi connectivity index (χ3v) is 4.75. The average molecular weight is 372 g/mol. The summed E-state index contributed by atoms with van der Waals surface area (Å²) in [6.45, 7) is 5.41. The lowest BCUT2D eigenvalue weighted by atomic mass is 10.1. The molecule has 1 heterocycles. The Balaban J connectivity index is 0.00000288. The quantitative estimate of drug-likeness (QED) is 0.453. The summed E-state index contributed by atoms with van der Waals surface area (Å²) in [6.07, 6.45) is 2.12. The number of amides is 1. The molecule has 1 aliphatic rings. The molecular formula is C16H22ClN3O3S. The van der Waals surface area contributed by atoms with E-state index in [1.54, 1.807) is 23.1 Å². The number of nitro groups is 1. The highest BCUT2D eigenvalue weighted by Crippen LogP contribution is 2.16. The molecule has 1 amide bonds. The predicted molar refractivity (Wildman–Crippen MR) is 99.7 cm³/mol. The van der Waals surface area contributed by atoms with Gasteiger partial charge < -0.3 is 10.2 Å². The number of rotatable bonds is 7. The van der Waals surface area contributed by atoms with Crippen LogP contribution in [0.2, 0.25) is 0 Å². The number of thioether (sulfide) groups is 1. The van der Waals surface area contributed by atoms with Crippen molar-refractivity contribution in [2.24, 2.45) is 0 Å². The summed E-state index contributed by atoms with van der Waals surface area (Å²) < 4.78 is 0. The smallest absolute Gasteiger partial charge is 0.269 e. The molecule has 1 fully saturated rings. The zero-order valence-electron chi connectivity index (χ0n) is 13.3. The van der Waals surface area contributed by atoms with Gasteiger partial charge in [-0.2, -0.15) is 11.8 Å². The Hall–Kier alpha value is -1.57. The molecule has 24 heavy (non-hydrogen) atoms. The summed E-state index contributed by atoms with van der Waals surface area (Å²) in [7, 11) is 0. The number of nitro benzene ring substituents is 1. The fourth-order valence-electron chi connectivity index (χ4n) is 2.49. The number of nitrogens with zero attached hydrogens (tertiary/aromatic N) is 2. The maximum Gasteiger partial charge on any atom is 0.269 e. The summed E-state index contributed by atoms with van der Waals surface area (Å²) in [5.41, 5.74) is 0.791. The Morgan fingerprint density at radius 2 is 2.33 bits per heavy atom. The summed E-state index contributed by atoms with van der Waals surface area (Å²) in [4.78, 5) is 24.6. The Morgan fingerprint density at radius 1 is 1.54 bits per heavy atom. The van der Waals surface area contributed by atoms with Gasteiger partial charge in [0.15, 0.2) is 0 Å². The lowest BCUT2D eigenvalue weighted by molar-refractivity contribution is -0.384. The molecule has 132 valence electrons. The summed E-state index contributed by atoms with van der Waals surface area (Å²) in [5.74, 6) is 2.05. The van der Waals surface area contributed by atoms with Gasteiger partial charge in [-0.05, 0) is 5.56 Å². The first kappa shape index (κ1) is 20.5. The van der Waals surface area contributed by atoms with Crippen molar-refractivity contribution in [3.05, 3.63) is 52.6 Å². The van der Waals surface area contributed by atoms with Gasteiger partial charge in [-0.15, -0.1) is 19.0 Å². The number of non-ortho nitro benzene ring substituents is 1. The number of hydrogen-bond acceptors (Lipinski definition) is 5. The first-order chi connectivity index (χ1) is 11.1. The number of halogens is 1. The van der Waals surface area contributed by atoms with Gasteiger partial charge in [0.05, 0.1) is 4.92 Å². The van der Waals surface area contributed by atoms with Crippen molar-refractivity contribution in [1.82, 2.24) is 10.2 Å². The molecule has 1 aromatic carbocycles. The third-order valence-electron chi connectivity index (χ3n) is 3.62. The van der Waals surface area contributed by atoms with Crippen LogP contribution in [-0.4, -0.2) is 46.4 Å². The minimum absolute atomic E-state index is 0. The van der Waals surface area contributed by atoms with Crippen molar-refractivity contribution in [1.29, 1.82) is 0 Å². The zero-order chi connectivity index (χ0) is 16.7. The molecule has 2 rings (SSSR count). The number of carbonyl (C=O) groups is 1. The molecule has 1 saturated heterocycles. The zero-order valence-corrected chi connectivity index (χ0v) is 15.0. The lowest BCUT2D eigenvalue weighted by Gasteiger charge is -2.27. The Bertz CT molecular complexity index is 579. The molecule has 8 heteroatoms. The predicted octanol–water partition coefficient (Wildman–Crippen LogP) is 2.63. The number of carbonyl (C=O) groups excluding carboxylic acids is 1. The Kier molecular flexibility index (Phi) is 8.81. The monoisotopic (exact) mass is 371 g/mol. The van der Waals surface area contributed by atoms with Crippen molar-refractivity contribution in [2.75, 3.05) is 24.6 Å². The van der Waals surface area contributed by atoms with Gasteiger partial charge in [-0.1, -0.05) is 18.2 Å². The highest BCUT2D eigenvalue weighted by atomic mass is 35.5. The third kappa shape index (κ3) is 6.14. The first-order valence-electron chi connectivity index (χ1n) is 7.53. The van der Waals surface area contributed by atoms with Gasteiger partial charge in [-0.3, -0.25) is 14.9 Å². The molecule has 1 unspecified atom stereocenters. The van der Waals surface area contributed by atoms with Crippen LogP contribution in [0.3, 0.4) is 0 Å². The van der Waals surface area contributed by atoms with Gasteiger partial charge in [-0.25, -0.2) is 0 Å². The van der Waals surface area contributed by atoms with E-state index in [9.17, 15) is 14.9 Å². The van der Waals surface area contributed by atoms with Crippen LogP contribution < -0.4 is 5.32 Å². The minimum Gasteiger partial charge on any atom is -0.335 e. The minimum atomic E-state index is -0.424. The van der Waals surface area contributed by atoms with E-state index >= 15 is 0 Å². The number of hydrogen-bond donors (Lipinski definition) is 1. The van der Waals surface area contributed by atoms with Crippen LogP contribution >= 0.6 is 24.2 Å². The molecular weight excluding hydrogens is 350 g/mol. The summed E-state index contributed by atoms with van der Waals surface area (Å²) in [5, 5.41) is 14.2. The first-order valence-corrected chi connectivity index (χ1v) is 8.68. The molecule has 0 aromatic heterocycles. The van der Waals surface area contributed by atoms with Crippen LogP contribution in [0.4, 0.5) is 5.69 Å². The maximum absolute atomic E-state index is 12.5. The molecule has 1 atom stereocenters. The second-order valence-corrected chi connectivity index (χ2v) is 6.57. The number of benzene rings is 1. The molecule has 6 nitrogen and oxygen atoms in total. The normalized spacial score (nSPS) is 16.8. The van der Waals surface area contributed by atoms with Crippen LogP contribution in [-0.2, 0) is 11.3 Å². The molecule has 0 spiro atoms. The Labute approximate surface area is 152 Å². The molecule has 0 aliphatic carbocycles. The van der Waals surface area contributed by atoms with Gasteiger partial charge in [0.1, 0.15) is 0 Å². The van der Waals surface area contributed by atoms with Crippen molar-refractivity contribution in [3.63, 3.8) is 0 Å². The largest absolute Gasteiger partial charge is 0.335 e. The van der Waals surface area contributed by atoms with Gasteiger partial charge in [0.25, 0.3) is 5.69 Å². The Morgan fingerprint density at radius 3 is 2.96 bits per heavy atom. The van der Waals surface area contributed by atoms with Crippen LogP contribution in [0.15, 0.2) is 36.9 Å². The van der Waals surface area contributed by atoms with Crippen molar-refractivity contribution >= 4 is 35.8 Å². The second kappa shape index (κ2) is 10.3. The van der Waals surface area contributed by atoms with Gasteiger partial charge in [0.2, 0.25) is 5.91 Å². The van der Waals surface area contributed by atoms with Crippen LogP contribution in [0.5, 0.6) is 0 Å². The van der Waals surface area contributed by atoms with Crippen LogP contribution in [0.1, 0.15) is 12.0 Å². The average Bonchev–Trinajstić information content (AvgIpc) is 2.55. The molecule has 0 saturated carbocycles. The SMILES string of the molecule is C=CCN(Cc1cccc([N+](=O)[O-])c1)C(=O)CC1CSCCN1.Cl. The molecule has 1 N–H and O–H groups in total. The fraction of sp³-hybridized carbons (Fsp3) is 0.438. The van der Waals surface area contributed by atoms with E-state index in [1.165, 1.54) is 12.1 Å². The van der Waals surface area contributed by atoms with Crippen molar-refractivity contribution in [2.45, 2.75) is 19.0 Å². The standard InChI is InChI=1S/C16H21N3O3S.ClH/c1-2-7-18(16(20)10-14-12-23-8-6-17-14)11-13-4-3-5-15(9-13)19(21)22;/h2-5,9,14,17H,1,6-8,10-12H2;1H. The van der Waals surface area contributed by atoms with E-state index in [0.29, 0.717) is 19.5 Å². The van der Waals surface area contributed by atoms with Crippen molar-refractivity contribution in [3.8, 4) is 0 Å². The van der Waals surface area contributed by atoms with Gasteiger partial charge in [0, 0.05) is 55.7 Å². The van der Waals surface area contributed by atoms with E-state index in [2.05, 4.69) is 11.9 Å². The molecule has 1 aromatic rings. The van der Waals surface area contributed by atoms with E-state index in [0.717, 1.165) is 23.6 Å². The summed E-state index contributed by atoms with van der Waals surface area (Å²) in [6, 6.07) is 6.59. The van der Waals surface area contributed by atoms with E-state index in [1.807, 2.05) is 11.8 Å². The van der Waals surface area contributed by atoms with Crippen molar-refractivity contribution < 1.29 is 9.72 Å². The molecule has 1 aliphatic heterocycles. The summed E-state index contributed by atoms with van der Waals surface area (Å²) >= 11 is 1.85. The molecule has 0 bridgehead atoms. The fourth-order valence-corrected chi connectivity index (χ4v) is 3.44. The molecule has 0 radical (unpaired) electrons. The second-order valence-electron chi connectivity index (χ2n) is 5.42. The lowest BCUT2D eigenvalue weighted by Crippen LogP contribution is -2.42. The topological polar surface area (TPSA) is 75.5 Å². The number of nitrogens with one attached hydrogen (secondary N) is 1. The van der Waals surface area contributed by atoms with Gasteiger partial charge >= 0.3 is 0 Å².